The summed E-state index contributed by atoms with van der Waals surface area (Å²) in [6.45, 7) is 0. The summed E-state index contributed by atoms with van der Waals surface area (Å²) in [4.78, 5) is 18.5. The Bertz CT molecular complexity index is 4440. The first-order valence-corrected chi connectivity index (χ1v) is 28.4. The van der Waals surface area contributed by atoms with Crippen molar-refractivity contribution >= 4 is 117 Å². The van der Waals surface area contributed by atoms with E-state index in [2.05, 4.69) is 344 Å². The number of rotatable bonds is 12. The molecule has 4 heterocycles. The van der Waals surface area contributed by atoms with Crippen LogP contribution in [0, 0.1) is 0 Å². The Balaban J connectivity index is 0.953. The molecule has 0 N–H and O–H groups in total. The molecule has 16 aromatic rings. The van der Waals surface area contributed by atoms with Gasteiger partial charge in [0.1, 0.15) is 11.6 Å². The Morgan fingerprint density at radius 3 is 0.726 bits per heavy atom. The molecule has 0 aliphatic heterocycles. The molecule has 0 saturated carbocycles. The lowest BCUT2D eigenvalue weighted by atomic mass is 10.1. The van der Waals surface area contributed by atoms with Gasteiger partial charge in [-0.15, -0.1) is 0 Å². The molecule has 8 nitrogen and oxygen atoms in total. The van der Waals surface area contributed by atoms with Crippen LogP contribution < -0.4 is 14.7 Å². The van der Waals surface area contributed by atoms with Crippen LogP contribution in [-0.2, 0) is 0 Å². The Morgan fingerprint density at radius 1 is 0.190 bits per heavy atom. The van der Waals surface area contributed by atoms with E-state index in [0.717, 1.165) is 128 Å². The molecule has 0 saturated heterocycles. The van der Waals surface area contributed by atoms with Crippen LogP contribution >= 0.6 is 0 Å². The van der Waals surface area contributed by atoms with Gasteiger partial charge in [0.05, 0.1) is 33.1 Å². The number of hydrogen-bond acceptors (Lipinski definition) is 5. The van der Waals surface area contributed by atoms with Crippen LogP contribution in [0.15, 0.2) is 315 Å². The van der Waals surface area contributed by atoms with E-state index in [1.54, 1.807) is 0 Å². The molecule has 0 spiro atoms. The summed E-state index contributed by atoms with van der Waals surface area (Å²) in [7, 11) is 0. The number of nitrogens with zero attached hydrogens (tertiary/aromatic N) is 8. The third-order valence-electron chi connectivity index (χ3n) is 16.2. The normalized spacial score (nSPS) is 11.6. The topological polar surface area (TPSA) is 50.3 Å². The maximum Gasteiger partial charge on any atom is 0.238 e. The molecule has 0 aliphatic carbocycles. The zero-order chi connectivity index (χ0) is 55.5. The maximum atomic E-state index is 5.77. The minimum atomic E-state index is 0.549. The van der Waals surface area contributed by atoms with E-state index in [0.29, 0.717) is 5.95 Å². The molecule has 12 aromatic carbocycles. The van der Waals surface area contributed by atoms with Gasteiger partial charge >= 0.3 is 0 Å². The lowest BCUT2D eigenvalue weighted by molar-refractivity contribution is 0.918. The molecule has 16 rings (SSSR count). The monoisotopic (exact) mass is 1080 g/mol. The standard InChI is InChI=1S/C76H52N8/c1-7-25-53(26-8-1)79(54-27-9-2-10-28-54)59-43-46-71-65(49-59)62-37-19-22-40-68(62)82(71)74-52-75(83-69-41-23-20-38-63(69)66-50-60(44-47-72(66)83)80(55-29-11-3-12-30-55)56-31-13-4-14-32-56)78-76(77-74)84-70-42-24-21-39-64(70)67-51-61(45-48-73(67)84)81(57-33-15-5-16-34-57)58-35-17-6-18-36-58/h1-52H. The Labute approximate surface area is 485 Å². The fourth-order valence-corrected chi connectivity index (χ4v) is 12.6. The second-order valence-corrected chi connectivity index (χ2v) is 21.1. The Hall–Kier alpha value is -11.5. The first-order chi connectivity index (χ1) is 41.7. The van der Waals surface area contributed by atoms with E-state index >= 15 is 0 Å². The fraction of sp³-hybridized carbons (Fsp3) is 0. The van der Waals surface area contributed by atoms with Gasteiger partial charge < -0.3 is 14.7 Å². The van der Waals surface area contributed by atoms with Crippen molar-refractivity contribution in [2.24, 2.45) is 0 Å². The van der Waals surface area contributed by atoms with E-state index in [9.17, 15) is 0 Å². The molecule has 4 aromatic heterocycles. The van der Waals surface area contributed by atoms with Crippen LogP contribution in [0.3, 0.4) is 0 Å². The molecule has 0 unspecified atom stereocenters. The Morgan fingerprint density at radius 2 is 0.429 bits per heavy atom. The summed E-state index contributed by atoms with van der Waals surface area (Å²) in [5, 5.41) is 6.65. The van der Waals surface area contributed by atoms with Crippen molar-refractivity contribution in [2.75, 3.05) is 14.7 Å². The van der Waals surface area contributed by atoms with Crippen molar-refractivity contribution < 1.29 is 0 Å². The van der Waals surface area contributed by atoms with Gasteiger partial charge in [0, 0.05) is 89.6 Å². The number of aromatic nitrogens is 5. The number of benzene rings is 12. The van der Waals surface area contributed by atoms with Gasteiger partial charge in [-0.2, -0.15) is 9.97 Å². The van der Waals surface area contributed by atoms with Crippen molar-refractivity contribution in [2.45, 2.75) is 0 Å². The second kappa shape index (κ2) is 20.3. The van der Waals surface area contributed by atoms with Gasteiger partial charge in [0.2, 0.25) is 5.95 Å². The van der Waals surface area contributed by atoms with E-state index in [-0.39, 0.29) is 0 Å². The number of anilines is 9. The number of hydrogen-bond donors (Lipinski definition) is 0. The fourth-order valence-electron chi connectivity index (χ4n) is 12.6. The van der Waals surface area contributed by atoms with Crippen LogP contribution in [0.1, 0.15) is 0 Å². The molecule has 0 amide bonds. The van der Waals surface area contributed by atoms with Crippen molar-refractivity contribution in [1.82, 2.24) is 23.7 Å². The van der Waals surface area contributed by atoms with Gasteiger partial charge in [0.15, 0.2) is 0 Å². The first kappa shape index (κ1) is 48.4. The molecule has 8 heteroatoms. The molecule has 396 valence electrons. The first-order valence-electron chi connectivity index (χ1n) is 28.4. The molecule has 84 heavy (non-hydrogen) atoms. The lowest BCUT2D eigenvalue weighted by Gasteiger charge is -2.25. The van der Waals surface area contributed by atoms with Gasteiger partial charge in [-0.1, -0.05) is 164 Å². The minimum absolute atomic E-state index is 0.549. The smallest absolute Gasteiger partial charge is 0.238 e. The molecular formula is C76H52N8. The van der Waals surface area contributed by atoms with Crippen LogP contribution in [0.5, 0.6) is 0 Å². The number of fused-ring (bicyclic) bond motifs is 9. The van der Waals surface area contributed by atoms with E-state index < -0.39 is 0 Å². The highest BCUT2D eigenvalue weighted by Gasteiger charge is 2.25. The molecule has 0 fully saturated rings. The SMILES string of the molecule is c1ccc(N(c2ccccc2)c2ccc3c(c2)c2ccccc2n3-c2cc(-n3c4ccccc4c4cc(N(c5ccccc5)c5ccccc5)ccc43)nc(-n3c4ccccc4c4cc(N(c5ccccc5)c5ccccc5)ccc43)n2)cc1. The van der Waals surface area contributed by atoms with Crippen LogP contribution in [0.4, 0.5) is 51.2 Å². The highest BCUT2D eigenvalue weighted by molar-refractivity contribution is 6.13. The number of para-hydroxylation sites is 9. The van der Waals surface area contributed by atoms with Gasteiger partial charge in [-0.05, 0) is 146 Å². The zero-order valence-electron chi connectivity index (χ0n) is 45.6. The summed E-state index contributed by atoms with van der Waals surface area (Å²) in [5.74, 6) is 2.02. The van der Waals surface area contributed by atoms with Crippen LogP contribution in [-0.4, -0.2) is 23.7 Å². The third-order valence-corrected chi connectivity index (χ3v) is 16.2. The summed E-state index contributed by atoms with van der Waals surface area (Å²) >= 11 is 0. The summed E-state index contributed by atoms with van der Waals surface area (Å²) in [5.41, 5.74) is 15.7. The van der Waals surface area contributed by atoms with Crippen molar-refractivity contribution in [3.05, 3.63) is 315 Å². The Kier molecular flexibility index (Phi) is 11.7. The third kappa shape index (κ3) is 8.15. The van der Waals surface area contributed by atoms with Crippen molar-refractivity contribution in [3.8, 4) is 17.6 Å². The van der Waals surface area contributed by atoms with Gasteiger partial charge in [-0.3, -0.25) is 13.7 Å². The van der Waals surface area contributed by atoms with Crippen molar-refractivity contribution in [3.63, 3.8) is 0 Å². The second-order valence-electron chi connectivity index (χ2n) is 21.1. The average molecular weight is 1080 g/mol. The van der Waals surface area contributed by atoms with Crippen LogP contribution in [0.25, 0.3) is 83.0 Å². The van der Waals surface area contributed by atoms with E-state index in [4.69, 9.17) is 9.97 Å². The average Bonchev–Trinajstić information content (AvgIpc) is 2.15. The predicted octanol–water partition coefficient (Wildman–Crippen LogP) is 20.2. The molecule has 0 radical (unpaired) electrons. The molecule has 0 aliphatic rings. The molecule has 0 atom stereocenters. The maximum absolute atomic E-state index is 5.77. The van der Waals surface area contributed by atoms with E-state index in [1.807, 2.05) is 0 Å². The quantitative estimate of drug-likeness (QED) is 0.122. The highest BCUT2D eigenvalue weighted by atomic mass is 15.2. The van der Waals surface area contributed by atoms with Crippen molar-refractivity contribution in [1.29, 1.82) is 0 Å². The largest absolute Gasteiger partial charge is 0.310 e. The summed E-state index contributed by atoms with van der Waals surface area (Å²) < 4.78 is 6.90. The van der Waals surface area contributed by atoms with Gasteiger partial charge in [-0.25, -0.2) is 0 Å². The summed E-state index contributed by atoms with van der Waals surface area (Å²) in [6, 6.07) is 112. The highest BCUT2D eigenvalue weighted by Crippen LogP contribution is 2.44. The van der Waals surface area contributed by atoms with Crippen LogP contribution in [0.2, 0.25) is 0 Å². The minimum Gasteiger partial charge on any atom is -0.310 e. The molecule has 0 bridgehead atoms. The summed E-state index contributed by atoms with van der Waals surface area (Å²) in [6.07, 6.45) is 0. The lowest BCUT2D eigenvalue weighted by Crippen LogP contribution is -2.11. The van der Waals surface area contributed by atoms with E-state index in [1.165, 1.54) is 0 Å². The molecular weight excluding hydrogens is 1020 g/mol. The van der Waals surface area contributed by atoms with Gasteiger partial charge in [0.25, 0.3) is 0 Å². The predicted molar refractivity (Wildman–Crippen MR) is 349 cm³/mol. The zero-order valence-corrected chi connectivity index (χ0v) is 45.6.